The van der Waals surface area contributed by atoms with Crippen molar-refractivity contribution in [2.45, 2.75) is 71.6 Å². The Bertz CT molecular complexity index is 959. The Morgan fingerprint density at radius 1 is 0.886 bits per heavy atom. The fraction of sp³-hybridized carbons (Fsp3) is 0.444. The van der Waals surface area contributed by atoms with Gasteiger partial charge in [-0.2, -0.15) is 0 Å². The van der Waals surface area contributed by atoms with Crippen molar-refractivity contribution in [3.05, 3.63) is 71.8 Å². The van der Waals surface area contributed by atoms with Crippen molar-refractivity contribution in [2.24, 2.45) is 0 Å². The number of hydrogen-bond acceptors (Lipinski definition) is 6. The van der Waals surface area contributed by atoms with Crippen LogP contribution in [0.15, 0.2) is 60.7 Å². The molecule has 0 radical (unpaired) electrons. The lowest BCUT2D eigenvalue weighted by Gasteiger charge is -2.30. The number of amides is 2. The largest absolute Gasteiger partial charge is 0.459 e. The number of nitrogens with zero attached hydrogens (tertiary/aromatic N) is 1. The Morgan fingerprint density at radius 2 is 1.40 bits per heavy atom. The maximum Gasteiger partial charge on any atom is 0.410 e. The highest BCUT2D eigenvalue weighted by molar-refractivity contribution is 5.89. The predicted octanol–water partition coefficient (Wildman–Crippen LogP) is 4.08. The highest BCUT2D eigenvalue weighted by Gasteiger charge is 2.33. The third-order valence-electron chi connectivity index (χ3n) is 5.24. The van der Waals surface area contributed by atoms with E-state index in [4.69, 9.17) is 14.2 Å². The number of ether oxygens (including phenoxy) is 3. The van der Waals surface area contributed by atoms with Gasteiger partial charge in [-0.25, -0.2) is 9.59 Å². The molecule has 190 valence electrons. The maximum absolute atomic E-state index is 13.0. The zero-order chi connectivity index (χ0) is 26.0. The molecule has 8 nitrogen and oxygen atoms in total. The first-order valence-corrected chi connectivity index (χ1v) is 11.6. The van der Waals surface area contributed by atoms with Gasteiger partial charge >= 0.3 is 12.1 Å². The molecule has 1 N–H and O–H groups in total. The molecule has 0 unspecified atom stereocenters. The van der Waals surface area contributed by atoms with Crippen LogP contribution in [-0.2, 0) is 37.0 Å². The minimum Gasteiger partial charge on any atom is -0.459 e. The first kappa shape index (κ1) is 27.9. The van der Waals surface area contributed by atoms with Gasteiger partial charge in [-0.3, -0.25) is 9.69 Å². The van der Waals surface area contributed by atoms with Gasteiger partial charge in [0.2, 0.25) is 5.91 Å². The van der Waals surface area contributed by atoms with Gasteiger partial charge in [0.1, 0.15) is 18.2 Å². The van der Waals surface area contributed by atoms with Crippen LogP contribution in [-0.4, -0.2) is 53.7 Å². The Morgan fingerprint density at radius 3 is 1.91 bits per heavy atom. The van der Waals surface area contributed by atoms with E-state index in [0.29, 0.717) is 0 Å². The average molecular weight is 485 g/mol. The molecule has 35 heavy (non-hydrogen) atoms. The van der Waals surface area contributed by atoms with Crippen LogP contribution in [0.2, 0.25) is 0 Å². The molecule has 0 aliphatic rings. The SMILES string of the molecule is C[C@@H](OCc1ccccc1)[C@H](NC(=O)[C@H](C)N(C)C(=O)OC(C)(C)C)C(=O)OCc1ccccc1. The van der Waals surface area contributed by atoms with E-state index in [1.807, 2.05) is 60.7 Å². The number of benzene rings is 2. The van der Waals surface area contributed by atoms with Crippen LogP contribution < -0.4 is 5.32 Å². The molecule has 0 heterocycles. The van der Waals surface area contributed by atoms with Gasteiger partial charge in [0.15, 0.2) is 6.04 Å². The number of carbonyl (C=O) groups is 3. The Balaban J connectivity index is 2.09. The molecule has 0 aliphatic carbocycles. The van der Waals surface area contributed by atoms with Gasteiger partial charge in [0, 0.05) is 7.05 Å². The second kappa shape index (κ2) is 12.9. The second-order valence-corrected chi connectivity index (χ2v) is 9.35. The van der Waals surface area contributed by atoms with E-state index in [0.717, 1.165) is 11.1 Å². The summed E-state index contributed by atoms with van der Waals surface area (Å²) in [5.74, 6) is -1.16. The monoisotopic (exact) mass is 484 g/mol. The van der Waals surface area contributed by atoms with Crippen molar-refractivity contribution in [1.29, 1.82) is 0 Å². The fourth-order valence-corrected chi connectivity index (χ4v) is 3.03. The van der Waals surface area contributed by atoms with Crippen molar-refractivity contribution in [3.8, 4) is 0 Å². The topological polar surface area (TPSA) is 94.2 Å². The summed E-state index contributed by atoms with van der Waals surface area (Å²) in [7, 11) is 1.47. The summed E-state index contributed by atoms with van der Waals surface area (Å²) in [4.78, 5) is 39.6. The Hall–Kier alpha value is -3.39. The van der Waals surface area contributed by atoms with E-state index < -0.39 is 41.8 Å². The number of hydrogen-bond donors (Lipinski definition) is 1. The first-order valence-electron chi connectivity index (χ1n) is 11.6. The highest BCUT2D eigenvalue weighted by Crippen LogP contribution is 2.13. The zero-order valence-electron chi connectivity index (χ0n) is 21.3. The van der Waals surface area contributed by atoms with Gasteiger partial charge < -0.3 is 19.5 Å². The van der Waals surface area contributed by atoms with E-state index in [9.17, 15) is 14.4 Å². The molecule has 2 aromatic carbocycles. The summed E-state index contributed by atoms with van der Waals surface area (Å²) in [5.41, 5.74) is 1.05. The van der Waals surface area contributed by atoms with Crippen molar-refractivity contribution >= 4 is 18.0 Å². The molecule has 0 saturated heterocycles. The number of nitrogens with one attached hydrogen (secondary N) is 1. The first-order chi connectivity index (χ1) is 16.5. The molecule has 0 aliphatic heterocycles. The summed E-state index contributed by atoms with van der Waals surface area (Å²) < 4.78 is 16.7. The van der Waals surface area contributed by atoms with Crippen molar-refractivity contribution in [3.63, 3.8) is 0 Å². The highest BCUT2D eigenvalue weighted by atomic mass is 16.6. The lowest BCUT2D eigenvalue weighted by Crippen LogP contribution is -2.55. The number of carbonyl (C=O) groups excluding carboxylic acids is 3. The molecule has 8 heteroatoms. The molecule has 0 aromatic heterocycles. The summed E-state index contributed by atoms with van der Waals surface area (Å²) in [5, 5.41) is 2.70. The van der Waals surface area contributed by atoms with Gasteiger partial charge in [0.25, 0.3) is 0 Å². The molecule has 0 bridgehead atoms. The van der Waals surface area contributed by atoms with E-state index in [1.165, 1.54) is 11.9 Å². The smallest absolute Gasteiger partial charge is 0.410 e. The standard InChI is InChI=1S/C27H36N2O6/c1-19(29(6)26(32)35-27(3,4)5)24(30)28-23(20(2)33-17-21-13-9-7-10-14-21)25(31)34-18-22-15-11-8-12-16-22/h7-16,19-20,23H,17-18H2,1-6H3,(H,28,30)/t19-,20+,23-/m0/s1. The predicted molar refractivity (Wildman–Crippen MR) is 132 cm³/mol. The van der Waals surface area contributed by atoms with Crippen LogP contribution in [0.4, 0.5) is 4.79 Å². The molecule has 0 fully saturated rings. The minimum atomic E-state index is -1.08. The second-order valence-electron chi connectivity index (χ2n) is 9.35. The minimum absolute atomic E-state index is 0.0603. The third-order valence-corrected chi connectivity index (χ3v) is 5.24. The van der Waals surface area contributed by atoms with E-state index >= 15 is 0 Å². The third kappa shape index (κ3) is 9.41. The molecular weight excluding hydrogens is 448 g/mol. The number of esters is 1. The zero-order valence-corrected chi connectivity index (χ0v) is 21.3. The van der Waals surface area contributed by atoms with E-state index in [1.54, 1.807) is 34.6 Å². The van der Waals surface area contributed by atoms with Crippen LogP contribution in [0.1, 0.15) is 45.7 Å². The van der Waals surface area contributed by atoms with Gasteiger partial charge in [0.05, 0.1) is 12.7 Å². The van der Waals surface area contributed by atoms with Crippen LogP contribution in [0.25, 0.3) is 0 Å². The van der Waals surface area contributed by atoms with Gasteiger partial charge in [-0.15, -0.1) is 0 Å². The van der Waals surface area contributed by atoms with Crippen molar-refractivity contribution < 1.29 is 28.6 Å². The molecule has 2 aromatic rings. The lowest BCUT2D eigenvalue weighted by atomic mass is 10.1. The summed E-state index contributed by atoms with van der Waals surface area (Å²) >= 11 is 0. The summed E-state index contributed by atoms with van der Waals surface area (Å²) in [6.07, 6.45) is -1.34. The molecule has 3 atom stereocenters. The molecule has 0 spiro atoms. The van der Waals surface area contributed by atoms with E-state index in [2.05, 4.69) is 5.32 Å². The number of likely N-dealkylation sites (N-methyl/N-ethyl adjacent to an activating group) is 1. The number of rotatable bonds is 10. The van der Waals surface area contributed by atoms with Crippen molar-refractivity contribution in [2.75, 3.05) is 7.05 Å². The van der Waals surface area contributed by atoms with Crippen LogP contribution >= 0.6 is 0 Å². The summed E-state index contributed by atoms with van der Waals surface area (Å²) in [6.45, 7) is 8.80. The quantitative estimate of drug-likeness (QED) is 0.511. The van der Waals surface area contributed by atoms with E-state index in [-0.39, 0.29) is 13.2 Å². The lowest BCUT2D eigenvalue weighted by molar-refractivity contribution is -0.154. The van der Waals surface area contributed by atoms with Crippen LogP contribution in [0.5, 0.6) is 0 Å². The Labute approximate surface area is 207 Å². The van der Waals surface area contributed by atoms with Crippen LogP contribution in [0, 0.1) is 0 Å². The normalized spacial score (nSPS) is 13.8. The van der Waals surface area contributed by atoms with Crippen LogP contribution in [0.3, 0.4) is 0 Å². The summed E-state index contributed by atoms with van der Waals surface area (Å²) in [6, 6.07) is 16.8. The van der Waals surface area contributed by atoms with Gasteiger partial charge in [-0.05, 0) is 45.7 Å². The average Bonchev–Trinajstić information content (AvgIpc) is 2.83. The maximum atomic E-state index is 13.0. The fourth-order valence-electron chi connectivity index (χ4n) is 3.03. The Kier molecular flexibility index (Phi) is 10.3. The molecular formula is C27H36N2O6. The molecule has 2 rings (SSSR count). The van der Waals surface area contributed by atoms with Crippen molar-refractivity contribution in [1.82, 2.24) is 10.2 Å². The van der Waals surface area contributed by atoms with Gasteiger partial charge in [-0.1, -0.05) is 60.7 Å². The molecule has 0 saturated carbocycles. The molecule has 2 amide bonds.